The van der Waals surface area contributed by atoms with Crippen molar-refractivity contribution in [1.29, 1.82) is 0 Å². The minimum atomic E-state index is -0.988. The first-order chi connectivity index (χ1) is 9.10. The van der Waals surface area contributed by atoms with Crippen LogP contribution < -0.4 is 0 Å². The van der Waals surface area contributed by atoms with Gasteiger partial charge in [0.15, 0.2) is 5.79 Å². The lowest BCUT2D eigenvalue weighted by molar-refractivity contribution is -0.303. The Balaban J connectivity index is 1.70. The highest BCUT2D eigenvalue weighted by molar-refractivity contribution is 5.13. The van der Waals surface area contributed by atoms with Gasteiger partial charge in [0.1, 0.15) is 24.4 Å². The molecule has 2 aliphatic rings. The highest BCUT2D eigenvalue weighted by atomic mass is 16.8. The molecule has 0 radical (unpaired) electrons. The summed E-state index contributed by atoms with van der Waals surface area (Å²) in [6.07, 6.45) is -2.94. The van der Waals surface area contributed by atoms with Crippen LogP contribution in [0.3, 0.4) is 0 Å². The number of hydrogen-bond donors (Lipinski definition) is 2. The van der Waals surface area contributed by atoms with E-state index in [4.69, 9.17) is 14.2 Å². The number of fused-ring (bicyclic) bond motifs is 2. The monoisotopic (exact) mass is 266 g/mol. The quantitative estimate of drug-likeness (QED) is 0.831. The highest BCUT2D eigenvalue weighted by Gasteiger charge is 2.59. The molecule has 0 spiro atoms. The predicted molar refractivity (Wildman–Crippen MR) is 66.3 cm³/mol. The van der Waals surface area contributed by atoms with Gasteiger partial charge >= 0.3 is 0 Å². The Morgan fingerprint density at radius 1 is 1.32 bits per heavy atom. The molecule has 0 aromatic heterocycles. The number of benzene rings is 1. The SMILES string of the molecule is C[C@]12OC[C@@H](O)[C@H](O1)[C@@H](O)[C@H]2OCc1ccccc1. The highest BCUT2D eigenvalue weighted by Crippen LogP contribution is 2.39. The van der Waals surface area contributed by atoms with E-state index in [1.165, 1.54) is 0 Å². The van der Waals surface area contributed by atoms with Gasteiger partial charge in [-0.2, -0.15) is 0 Å². The topological polar surface area (TPSA) is 68.2 Å². The van der Waals surface area contributed by atoms with Crippen LogP contribution in [0.4, 0.5) is 0 Å². The summed E-state index contributed by atoms with van der Waals surface area (Å²) < 4.78 is 16.8. The van der Waals surface area contributed by atoms with Gasteiger partial charge in [-0.1, -0.05) is 30.3 Å². The molecule has 0 saturated carbocycles. The standard InChI is InChI=1S/C14H18O5/c1-14-13(17-7-9-5-3-2-4-6-9)11(16)12(19-14)10(15)8-18-14/h2-6,10-13,15-16H,7-8H2,1H3/t10-,11-,12+,13-,14+/m1/s1. The minimum Gasteiger partial charge on any atom is -0.388 e. The smallest absolute Gasteiger partial charge is 0.195 e. The molecule has 5 nitrogen and oxygen atoms in total. The van der Waals surface area contributed by atoms with E-state index in [9.17, 15) is 10.2 Å². The van der Waals surface area contributed by atoms with Crippen LogP contribution in [0.15, 0.2) is 30.3 Å². The van der Waals surface area contributed by atoms with Gasteiger partial charge in [-0.3, -0.25) is 0 Å². The molecule has 5 heteroatoms. The molecule has 2 N–H and O–H groups in total. The first kappa shape index (κ1) is 13.0. The maximum absolute atomic E-state index is 10.2. The summed E-state index contributed by atoms with van der Waals surface area (Å²) in [5.74, 6) is -0.988. The van der Waals surface area contributed by atoms with Gasteiger partial charge in [0.2, 0.25) is 0 Å². The van der Waals surface area contributed by atoms with Gasteiger partial charge in [-0.25, -0.2) is 0 Å². The third-order valence-corrected chi connectivity index (χ3v) is 3.73. The Morgan fingerprint density at radius 3 is 2.74 bits per heavy atom. The fourth-order valence-electron chi connectivity index (χ4n) is 2.67. The largest absolute Gasteiger partial charge is 0.388 e. The number of ether oxygens (including phenoxy) is 3. The molecule has 1 aromatic rings. The van der Waals surface area contributed by atoms with Gasteiger partial charge < -0.3 is 24.4 Å². The third kappa shape index (κ3) is 2.28. The molecule has 1 aromatic carbocycles. The zero-order valence-electron chi connectivity index (χ0n) is 10.7. The lowest BCUT2D eigenvalue weighted by Crippen LogP contribution is -2.47. The average Bonchev–Trinajstić information content (AvgIpc) is 2.63. The fraction of sp³-hybridized carbons (Fsp3) is 0.571. The van der Waals surface area contributed by atoms with E-state index in [1.807, 2.05) is 30.3 Å². The van der Waals surface area contributed by atoms with E-state index in [2.05, 4.69) is 0 Å². The van der Waals surface area contributed by atoms with Crippen molar-refractivity contribution in [2.45, 2.75) is 43.7 Å². The summed E-state index contributed by atoms with van der Waals surface area (Å²) in [4.78, 5) is 0. The summed E-state index contributed by atoms with van der Waals surface area (Å²) >= 11 is 0. The first-order valence-electron chi connectivity index (χ1n) is 6.43. The molecule has 104 valence electrons. The van der Waals surface area contributed by atoms with Crippen molar-refractivity contribution in [3.63, 3.8) is 0 Å². The number of hydrogen-bond acceptors (Lipinski definition) is 5. The Bertz CT molecular complexity index is 437. The van der Waals surface area contributed by atoms with Gasteiger partial charge in [-0.05, 0) is 12.5 Å². The second-order valence-electron chi connectivity index (χ2n) is 5.18. The van der Waals surface area contributed by atoms with E-state index >= 15 is 0 Å². The summed E-state index contributed by atoms with van der Waals surface area (Å²) in [6, 6.07) is 9.70. The molecule has 3 rings (SSSR count). The Hall–Kier alpha value is -0.980. The van der Waals surface area contributed by atoms with Crippen LogP contribution in [-0.2, 0) is 20.8 Å². The van der Waals surface area contributed by atoms with E-state index in [0.29, 0.717) is 6.61 Å². The minimum absolute atomic E-state index is 0.156. The summed E-state index contributed by atoms with van der Waals surface area (Å²) in [5.41, 5.74) is 1.01. The van der Waals surface area contributed by atoms with Gasteiger partial charge in [0.25, 0.3) is 0 Å². The molecule has 2 aliphatic heterocycles. The van der Waals surface area contributed by atoms with E-state index in [0.717, 1.165) is 5.56 Å². The van der Waals surface area contributed by atoms with Crippen LogP contribution in [0.2, 0.25) is 0 Å². The molecular weight excluding hydrogens is 248 g/mol. The molecule has 2 bridgehead atoms. The van der Waals surface area contributed by atoms with Crippen LogP contribution in [0.1, 0.15) is 12.5 Å². The fourth-order valence-corrected chi connectivity index (χ4v) is 2.67. The molecular formula is C14H18O5. The molecule has 5 atom stereocenters. The number of aliphatic hydroxyl groups is 2. The predicted octanol–water partition coefficient (Wildman–Crippen LogP) is 0.439. The lowest BCUT2D eigenvalue weighted by Gasteiger charge is -2.34. The second kappa shape index (κ2) is 4.85. The van der Waals surface area contributed by atoms with Crippen LogP contribution in [-0.4, -0.2) is 47.0 Å². The van der Waals surface area contributed by atoms with Crippen molar-refractivity contribution in [1.82, 2.24) is 0 Å². The van der Waals surface area contributed by atoms with Gasteiger partial charge in [0.05, 0.1) is 13.2 Å². The molecule has 19 heavy (non-hydrogen) atoms. The Kier molecular flexibility index (Phi) is 3.32. The molecule has 2 saturated heterocycles. The van der Waals surface area contributed by atoms with Crippen LogP contribution in [0.5, 0.6) is 0 Å². The van der Waals surface area contributed by atoms with Crippen molar-refractivity contribution in [2.75, 3.05) is 6.61 Å². The maximum atomic E-state index is 10.2. The molecule has 2 fully saturated rings. The van der Waals surface area contributed by atoms with Crippen molar-refractivity contribution < 1.29 is 24.4 Å². The first-order valence-corrected chi connectivity index (χ1v) is 6.43. The Labute approximate surface area is 111 Å². The lowest BCUT2D eigenvalue weighted by atomic mass is 10.0. The zero-order valence-corrected chi connectivity index (χ0v) is 10.7. The Morgan fingerprint density at radius 2 is 2.05 bits per heavy atom. The summed E-state index contributed by atoms with van der Waals surface area (Å²) in [7, 11) is 0. The van der Waals surface area contributed by atoms with Crippen molar-refractivity contribution in [2.24, 2.45) is 0 Å². The average molecular weight is 266 g/mol. The van der Waals surface area contributed by atoms with E-state index in [-0.39, 0.29) is 6.61 Å². The van der Waals surface area contributed by atoms with Gasteiger partial charge in [-0.15, -0.1) is 0 Å². The van der Waals surface area contributed by atoms with Crippen LogP contribution >= 0.6 is 0 Å². The molecule has 0 aliphatic carbocycles. The normalized spacial score (nSPS) is 41.4. The maximum Gasteiger partial charge on any atom is 0.195 e. The van der Waals surface area contributed by atoms with Crippen molar-refractivity contribution in [3.05, 3.63) is 35.9 Å². The van der Waals surface area contributed by atoms with Crippen molar-refractivity contribution >= 4 is 0 Å². The van der Waals surface area contributed by atoms with Crippen LogP contribution in [0, 0.1) is 0 Å². The van der Waals surface area contributed by atoms with E-state index in [1.54, 1.807) is 6.92 Å². The number of rotatable bonds is 3. The third-order valence-electron chi connectivity index (χ3n) is 3.73. The van der Waals surface area contributed by atoms with E-state index < -0.39 is 30.2 Å². The van der Waals surface area contributed by atoms with Crippen molar-refractivity contribution in [3.8, 4) is 0 Å². The molecule has 0 unspecified atom stereocenters. The summed E-state index contributed by atoms with van der Waals surface area (Å²) in [6.45, 7) is 2.26. The molecule has 2 heterocycles. The zero-order chi connectivity index (χ0) is 13.5. The second-order valence-corrected chi connectivity index (χ2v) is 5.18. The number of aliphatic hydroxyl groups excluding tert-OH is 2. The van der Waals surface area contributed by atoms with Gasteiger partial charge in [0, 0.05) is 0 Å². The van der Waals surface area contributed by atoms with Crippen LogP contribution in [0.25, 0.3) is 0 Å². The molecule has 0 amide bonds. The summed E-state index contributed by atoms with van der Waals surface area (Å²) in [5, 5.41) is 19.9.